The van der Waals surface area contributed by atoms with E-state index in [2.05, 4.69) is 10.6 Å². The number of nitrogens with one attached hydrogen (secondary N) is 2. The van der Waals surface area contributed by atoms with Gasteiger partial charge >= 0.3 is 0 Å². The van der Waals surface area contributed by atoms with E-state index in [1.54, 1.807) is 20.3 Å². The van der Waals surface area contributed by atoms with Crippen LogP contribution in [0.4, 0.5) is 5.69 Å². The van der Waals surface area contributed by atoms with Crippen LogP contribution >= 0.6 is 0 Å². The molecule has 0 aromatic heterocycles. The van der Waals surface area contributed by atoms with Gasteiger partial charge in [0.05, 0.1) is 14.2 Å². The number of methoxy groups -OCH3 is 2. The van der Waals surface area contributed by atoms with Gasteiger partial charge in [0.15, 0.2) is 11.5 Å². The first kappa shape index (κ1) is 14.7. The van der Waals surface area contributed by atoms with Crippen molar-refractivity contribution < 1.29 is 14.3 Å². The lowest BCUT2D eigenvalue weighted by atomic mass is 10.0. The van der Waals surface area contributed by atoms with E-state index in [1.165, 1.54) is 0 Å². The highest BCUT2D eigenvalue weighted by Crippen LogP contribution is 2.33. The lowest BCUT2D eigenvalue weighted by Crippen LogP contribution is -2.18. The molecule has 0 bridgehead atoms. The van der Waals surface area contributed by atoms with Crippen LogP contribution in [0.15, 0.2) is 12.1 Å². The normalized spacial score (nSPS) is 17.9. The third kappa shape index (κ3) is 3.42. The summed E-state index contributed by atoms with van der Waals surface area (Å²) >= 11 is 0. The number of amides is 1. The van der Waals surface area contributed by atoms with Crippen molar-refractivity contribution in [2.45, 2.75) is 19.8 Å². The van der Waals surface area contributed by atoms with Crippen molar-refractivity contribution in [3.63, 3.8) is 0 Å². The molecule has 110 valence electrons. The quantitative estimate of drug-likeness (QED) is 0.864. The van der Waals surface area contributed by atoms with Gasteiger partial charge in [-0.25, -0.2) is 0 Å². The van der Waals surface area contributed by atoms with Gasteiger partial charge in [-0.15, -0.1) is 0 Å². The van der Waals surface area contributed by atoms with Gasteiger partial charge in [-0.1, -0.05) is 0 Å². The second kappa shape index (κ2) is 6.61. The van der Waals surface area contributed by atoms with Crippen LogP contribution in [-0.2, 0) is 4.79 Å². The minimum atomic E-state index is 0.0500. The van der Waals surface area contributed by atoms with Crippen molar-refractivity contribution in [1.82, 2.24) is 5.32 Å². The van der Waals surface area contributed by atoms with Crippen LogP contribution in [0.1, 0.15) is 18.4 Å². The Kier molecular flexibility index (Phi) is 4.84. The summed E-state index contributed by atoms with van der Waals surface area (Å²) in [4.78, 5) is 12.1. The molecule has 1 aliphatic heterocycles. The maximum Gasteiger partial charge on any atom is 0.224 e. The highest BCUT2D eigenvalue weighted by molar-refractivity contribution is 5.92. The summed E-state index contributed by atoms with van der Waals surface area (Å²) in [5.74, 6) is 1.78. The number of carbonyl (C=O) groups excluding carboxylic acids is 1. The first-order valence-corrected chi connectivity index (χ1v) is 6.87. The molecule has 2 N–H and O–H groups in total. The van der Waals surface area contributed by atoms with Crippen molar-refractivity contribution in [3.8, 4) is 11.5 Å². The summed E-state index contributed by atoms with van der Waals surface area (Å²) < 4.78 is 10.5. The molecule has 5 nitrogen and oxygen atoms in total. The van der Waals surface area contributed by atoms with E-state index in [4.69, 9.17) is 9.47 Å². The van der Waals surface area contributed by atoms with Crippen molar-refractivity contribution in [2.75, 3.05) is 32.6 Å². The van der Waals surface area contributed by atoms with Gasteiger partial charge in [0.2, 0.25) is 5.91 Å². The predicted molar refractivity (Wildman–Crippen MR) is 78.5 cm³/mol. The smallest absolute Gasteiger partial charge is 0.224 e. The van der Waals surface area contributed by atoms with Crippen molar-refractivity contribution in [2.24, 2.45) is 5.92 Å². The molecule has 1 amide bonds. The Bertz CT molecular complexity index is 482. The fourth-order valence-electron chi connectivity index (χ4n) is 2.47. The zero-order valence-corrected chi connectivity index (χ0v) is 12.3. The van der Waals surface area contributed by atoms with Crippen LogP contribution in [0.2, 0.25) is 0 Å². The molecule has 1 aromatic rings. The largest absolute Gasteiger partial charge is 0.493 e. The summed E-state index contributed by atoms with van der Waals surface area (Å²) in [6.07, 6.45) is 1.62. The summed E-state index contributed by atoms with van der Waals surface area (Å²) in [6.45, 7) is 3.88. The topological polar surface area (TPSA) is 59.6 Å². The van der Waals surface area contributed by atoms with Crippen molar-refractivity contribution in [1.29, 1.82) is 0 Å². The lowest BCUT2D eigenvalue weighted by Gasteiger charge is -2.14. The second-order valence-electron chi connectivity index (χ2n) is 5.13. The number of benzene rings is 1. The SMILES string of the molecule is COc1cc(C)c(NC(=O)CC2CCNC2)cc1OC. The molecule has 2 rings (SSSR count). The van der Waals surface area contributed by atoms with Crippen molar-refractivity contribution in [3.05, 3.63) is 17.7 Å². The third-order valence-electron chi connectivity index (χ3n) is 3.64. The average molecular weight is 278 g/mol. The number of carbonyl (C=O) groups is 1. The molecule has 1 atom stereocenters. The molecule has 0 saturated carbocycles. The Morgan fingerprint density at radius 2 is 2.05 bits per heavy atom. The Morgan fingerprint density at radius 3 is 2.65 bits per heavy atom. The number of ether oxygens (including phenoxy) is 2. The van der Waals surface area contributed by atoms with Crippen LogP contribution in [0.25, 0.3) is 0 Å². The highest BCUT2D eigenvalue weighted by atomic mass is 16.5. The van der Waals surface area contributed by atoms with Crippen LogP contribution < -0.4 is 20.1 Å². The van der Waals surface area contributed by atoms with Gasteiger partial charge < -0.3 is 20.1 Å². The Morgan fingerprint density at radius 1 is 1.35 bits per heavy atom. The standard InChI is InChI=1S/C15H22N2O3/c1-10-6-13(19-2)14(20-3)8-12(10)17-15(18)7-11-4-5-16-9-11/h6,8,11,16H,4-5,7,9H2,1-3H3,(H,17,18). The molecule has 1 aliphatic rings. The Hall–Kier alpha value is -1.75. The Balaban J connectivity index is 2.06. The minimum absolute atomic E-state index is 0.0500. The van der Waals surface area contributed by atoms with E-state index in [0.29, 0.717) is 23.8 Å². The van der Waals surface area contributed by atoms with Gasteiger partial charge in [0, 0.05) is 18.2 Å². The maximum atomic E-state index is 12.1. The molecular weight excluding hydrogens is 256 g/mol. The monoisotopic (exact) mass is 278 g/mol. The molecule has 5 heteroatoms. The highest BCUT2D eigenvalue weighted by Gasteiger charge is 2.19. The first-order chi connectivity index (χ1) is 9.63. The summed E-state index contributed by atoms with van der Waals surface area (Å²) in [5, 5.41) is 6.23. The summed E-state index contributed by atoms with van der Waals surface area (Å²) in [7, 11) is 3.19. The molecule has 1 heterocycles. The molecule has 1 fully saturated rings. The fourth-order valence-corrected chi connectivity index (χ4v) is 2.47. The van der Waals surface area contributed by atoms with Gasteiger partial charge in [-0.05, 0) is 44.0 Å². The van der Waals surface area contributed by atoms with E-state index in [0.717, 1.165) is 30.8 Å². The molecule has 1 unspecified atom stereocenters. The number of aryl methyl sites for hydroxylation is 1. The Labute approximate surface area is 119 Å². The van der Waals surface area contributed by atoms with Crippen LogP contribution in [0, 0.1) is 12.8 Å². The van der Waals surface area contributed by atoms with Gasteiger partial charge in [0.1, 0.15) is 0 Å². The van der Waals surface area contributed by atoms with Crippen LogP contribution in [0.5, 0.6) is 11.5 Å². The lowest BCUT2D eigenvalue weighted by molar-refractivity contribution is -0.116. The molecule has 1 aromatic carbocycles. The zero-order valence-electron chi connectivity index (χ0n) is 12.3. The van der Waals surface area contributed by atoms with E-state index < -0.39 is 0 Å². The van der Waals surface area contributed by atoms with Crippen molar-refractivity contribution >= 4 is 11.6 Å². The van der Waals surface area contributed by atoms with E-state index in [1.807, 2.05) is 13.0 Å². The second-order valence-corrected chi connectivity index (χ2v) is 5.13. The molecule has 0 aliphatic carbocycles. The zero-order chi connectivity index (χ0) is 14.5. The summed E-state index contributed by atoms with van der Waals surface area (Å²) in [5.41, 5.74) is 1.74. The molecule has 20 heavy (non-hydrogen) atoms. The first-order valence-electron chi connectivity index (χ1n) is 6.87. The molecule has 0 radical (unpaired) electrons. The molecular formula is C15H22N2O3. The number of rotatable bonds is 5. The van der Waals surface area contributed by atoms with E-state index in [9.17, 15) is 4.79 Å². The van der Waals surface area contributed by atoms with Gasteiger partial charge in [0.25, 0.3) is 0 Å². The fraction of sp³-hybridized carbons (Fsp3) is 0.533. The molecule has 0 spiro atoms. The van der Waals surface area contributed by atoms with Gasteiger partial charge in [-0.3, -0.25) is 4.79 Å². The average Bonchev–Trinajstić information content (AvgIpc) is 2.93. The van der Waals surface area contributed by atoms with E-state index in [-0.39, 0.29) is 5.91 Å². The number of hydrogen-bond donors (Lipinski definition) is 2. The number of hydrogen-bond acceptors (Lipinski definition) is 4. The van der Waals surface area contributed by atoms with Crippen LogP contribution in [0.3, 0.4) is 0 Å². The minimum Gasteiger partial charge on any atom is -0.493 e. The van der Waals surface area contributed by atoms with Gasteiger partial charge in [-0.2, -0.15) is 0 Å². The number of anilines is 1. The summed E-state index contributed by atoms with van der Waals surface area (Å²) in [6, 6.07) is 3.67. The van der Waals surface area contributed by atoms with E-state index >= 15 is 0 Å². The third-order valence-corrected chi connectivity index (χ3v) is 3.64. The van der Waals surface area contributed by atoms with Crippen LogP contribution in [-0.4, -0.2) is 33.2 Å². The molecule has 1 saturated heterocycles. The maximum absolute atomic E-state index is 12.1. The predicted octanol–water partition coefficient (Wildman–Crippen LogP) is 1.95.